The van der Waals surface area contributed by atoms with E-state index in [1.807, 2.05) is 14.1 Å². The van der Waals surface area contributed by atoms with Crippen LogP contribution < -0.4 is 10.2 Å². The Labute approximate surface area is 258 Å². The Kier molecular flexibility index (Phi) is 17.2. The van der Waals surface area contributed by atoms with Crippen molar-refractivity contribution < 1.29 is 46.5 Å². The summed E-state index contributed by atoms with van der Waals surface area (Å²) in [6.45, 7) is 19.5. The molecule has 0 bridgehead atoms. The zero-order chi connectivity index (χ0) is 32.8. The van der Waals surface area contributed by atoms with Crippen molar-refractivity contribution in [1.82, 2.24) is 0 Å². The van der Waals surface area contributed by atoms with Crippen LogP contribution in [0.3, 0.4) is 0 Å². The fourth-order valence-corrected chi connectivity index (χ4v) is 19.5. The molecule has 0 aliphatic rings. The van der Waals surface area contributed by atoms with Crippen LogP contribution in [0.4, 0.5) is 0 Å². The normalized spacial score (nSPS) is 14.3. The number of quaternary nitrogens is 2. The summed E-state index contributed by atoms with van der Waals surface area (Å²) in [5.74, 6) is -2.41. The lowest BCUT2D eigenvalue weighted by atomic mass is 10.2. The van der Waals surface area contributed by atoms with Gasteiger partial charge in [-0.05, 0) is 83.5 Å². The number of ether oxygens (including phenoxy) is 1. The maximum absolute atomic E-state index is 11.9. The lowest BCUT2D eigenvalue weighted by molar-refractivity contribution is -0.890. The van der Waals surface area contributed by atoms with Gasteiger partial charge in [0, 0.05) is 30.4 Å². The van der Waals surface area contributed by atoms with Gasteiger partial charge in [-0.15, -0.1) is 0 Å². The van der Waals surface area contributed by atoms with Gasteiger partial charge in [0.1, 0.15) is 0 Å². The van der Waals surface area contributed by atoms with Gasteiger partial charge in [0.25, 0.3) is 0 Å². The van der Waals surface area contributed by atoms with E-state index in [0.29, 0.717) is 40.7 Å². The minimum Gasteiger partial charge on any atom is -0.550 e. The summed E-state index contributed by atoms with van der Waals surface area (Å²) >= 11 is 0. The molecule has 0 radical (unpaired) electrons. The maximum atomic E-state index is 11.9. The smallest absolute Gasteiger partial charge is 0.333 e. The van der Waals surface area contributed by atoms with Gasteiger partial charge in [0.15, 0.2) is 16.6 Å². The van der Waals surface area contributed by atoms with Crippen LogP contribution in [0.2, 0.25) is 50.9 Å². The third kappa shape index (κ3) is 20.5. The van der Waals surface area contributed by atoms with E-state index >= 15 is 0 Å². The quantitative estimate of drug-likeness (QED) is 0.0515. The van der Waals surface area contributed by atoms with Gasteiger partial charge in [0.05, 0.1) is 61.0 Å². The molecule has 0 N–H and O–H groups in total. The first-order chi connectivity index (χ1) is 19.0. The second kappa shape index (κ2) is 17.8. The number of carbonyl (C=O) groups is 3. The number of esters is 1. The number of hydrogen-bond donors (Lipinski definition) is 0. The lowest BCUT2D eigenvalue weighted by Crippen LogP contribution is -2.54. The Hall–Kier alpha value is -1.36. The van der Waals surface area contributed by atoms with Crippen LogP contribution in [-0.2, 0) is 27.4 Å². The monoisotopic (exact) mass is 648 g/mol. The number of unbranched alkanes of at least 4 members (excludes halogenated alkanes) is 1. The predicted octanol–water partition coefficient (Wildman–Crippen LogP) is 2.61. The molecule has 0 aromatic heterocycles. The summed E-state index contributed by atoms with van der Waals surface area (Å²) in [5.41, 5.74) is 0.381. The highest BCUT2D eigenvalue weighted by molar-refractivity contribution is 6.88. The summed E-state index contributed by atoms with van der Waals surface area (Å²) in [4.78, 5) is 33.6. The Morgan fingerprint density at radius 2 is 1.10 bits per heavy atom. The number of carboxylic acids is 2. The first-order valence-electron chi connectivity index (χ1n) is 15.3. The van der Waals surface area contributed by atoms with Crippen LogP contribution in [0.15, 0.2) is 12.2 Å². The van der Waals surface area contributed by atoms with Crippen molar-refractivity contribution >= 4 is 43.1 Å². The summed E-state index contributed by atoms with van der Waals surface area (Å²) in [6, 6.07) is 2.65. The van der Waals surface area contributed by atoms with Crippen molar-refractivity contribution in [3.8, 4) is 0 Å². The molecule has 10 nitrogen and oxygen atoms in total. The molecule has 0 rings (SSSR count). The topological polar surface area (TPSA) is 125 Å². The van der Waals surface area contributed by atoms with E-state index in [2.05, 4.69) is 53.4 Å². The highest BCUT2D eigenvalue weighted by atomic mass is 28.5. The minimum absolute atomic E-state index is 0.0507. The van der Waals surface area contributed by atoms with E-state index in [9.17, 15) is 24.6 Å². The molecule has 0 saturated heterocycles. The van der Waals surface area contributed by atoms with Gasteiger partial charge in [0.2, 0.25) is 0 Å². The molecular formula is C29H60N2O8Si3. The summed E-state index contributed by atoms with van der Waals surface area (Å²) in [5, 5.41) is 21.8. The average Bonchev–Trinajstić information content (AvgIpc) is 2.81. The van der Waals surface area contributed by atoms with Crippen molar-refractivity contribution in [1.29, 1.82) is 0 Å². The van der Waals surface area contributed by atoms with Crippen molar-refractivity contribution in [2.45, 2.75) is 96.3 Å². The molecule has 1 unspecified atom stereocenters. The van der Waals surface area contributed by atoms with Crippen molar-refractivity contribution in [2.75, 3.05) is 61.0 Å². The largest absolute Gasteiger partial charge is 0.550 e. The SMILES string of the molecule is C=C(C)C(=O)OCCC[Si](C)(O[Si](C)(C)CCCC[N+](C)(C)CCC(=O)[O-])O[Si](C)(C)CCC[N+](C)(C)CCC(=O)[O-]. The summed E-state index contributed by atoms with van der Waals surface area (Å²) in [7, 11) is 1.36. The standard InChI is InChI=1S/C29H60N2O8Si3/c1-26(2)29(36)37-22-15-25-42(11,39-41(9,10)24-14-19-31(5,6)21-17-28(34)35)38-40(7,8)23-13-12-18-30(3,4)20-16-27(32)33/h1,12-25H2,2-11H3. The Morgan fingerprint density at radius 3 is 1.52 bits per heavy atom. The fraction of sp³-hybridized carbons (Fsp3) is 0.828. The molecule has 0 saturated carbocycles. The van der Waals surface area contributed by atoms with E-state index in [1.165, 1.54) is 0 Å². The van der Waals surface area contributed by atoms with Crippen LogP contribution in [-0.4, -0.2) is 113 Å². The lowest BCUT2D eigenvalue weighted by Gasteiger charge is -2.41. The number of carboxylic acid groups (broad SMARTS) is 2. The van der Waals surface area contributed by atoms with Crippen LogP contribution in [0.5, 0.6) is 0 Å². The zero-order valence-electron chi connectivity index (χ0n) is 28.3. The van der Waals surface area contributed by atoms with Gasteiger partial charge >= 0.3 is 14.5 Å². The van der Waals surface area contributed by atoms with Crippen molar-refractivity contribution in [3.63, 3.8) is 0 Å². The molecule has 13 heteroatoms. The second-order valence-electron chi connectivity index (χ2n) is 14.4. The molecule has 0 aromatic rings. The van der Waals surface area contributed by atoms with Crippen LogP contribution in [0.1, 0.15) is 45.4 Å². The van der Waals surface area contributed by atoms with Gasteiger partial charge in [-0.2, -0.15) is 0 Å². The molecule has 0 spiro atoms. The second-order valence-corrected chi connectivity index (χ2v) is 26.9. The highest BCUT2D eigenvalue weighted by Crippen LogP contribution is 2.30. The van der Waals surface area contributed by atoms with E-state index in [4.69, 9.17) is 13.0 Å². The number of hydrogen-bond acceptors (Lipinski definition) is 8. The zero-order valence-corrected chi connectivity index (χ0v) is 31.3. The average molecular weight is 649 g/mol. The van der Waals surface area contributed by atoms with E-state index in [-0.39, 0.29) is 18.8 Å². The molecule has 246 valence electrons. The predicted molar refractivity (Wildman–Crippen MR) is 170 cm³/mol. The Balaban J connectivity index is 5.30. The first-order valence-corrected chi connectivity index (χ1v) is 24.0. The first kappa shape index (κ1) is 40.6. The number of aliphatic carboxylic acids is 2. The molecule has 0 aliphatic carbocycles. The minimum atomic E-state index is -2.63. The van der Waals surface area contributed by atoms with E-state index < -0.39 is 37.1 Å². The summed E-state index contributed by atoms with van der Waals surface area (Å²) in [6.07, 6.45) is 3.71. The molecule has 0 aliphatic heterocycles. The summed E-state index contributed by atoms with van der Waals surface area (Å²) < 4.78 is 20.6. The molecule has 0 heterocycles. The Morgan fingerprint density at radius 1 is 0.667 bits per heavy atom. The van der Waals surface area contributed by atoms with Crippen LogP contribution in [0, 0.1) is 0 Å². The van der Waals surface area contributed by atoms with Crippen molar-refractivity contribution in [3.05, 3.63) is 12.2 Å². The maximum Gasteiger partial charge on any atom is 0.333 e. The van der Waals surface area contributed by atoms with Gasteiger partial charge in [-0.25, -0.2) is 4.79 Å². The third-order valence-electron chi connectivity index (χ3n) is 7.52. The molecule has 0 amide bonds. The van der Waals surface area contributed by atoms with Crippen LogP contribution in [0.25, 0.3) is 0 Å². The molecule has 42 heavy (non-hydrogen) atoms. The van der Waals surface area contributed by atoms with Crippen LogP contribution >= 0.6 is 0 Å². The number of rotatable bonds is 24. The fourth-order valence-electron chi connectivity index (χ4n) is 5.11. The molecule has 1 atom stereocenters. The van der Waals surface area contributed by atoms with Gasteiger partial charge < -0.3 is 41.7 Å². The number of nitrogens with zero attached hydrogens (tertiary/aromatic N) is 2. The number of carbonyl (C=O) groups excluding carboxylic acids is 3. The van der Waals surface area contributed by atoms with Gasteiger partial charge in [-0.1, -0.05) is 6.58 Å². The third-order valence-corrected chi connectivity index (χ3v) is 19.8. The highest BCUT2D eigenvalue weighted by Gasteiger charge is 2.43. The van der Waals surface area contributed by atoms with E-state index in [0.717, 1.165) is 50.5 Å². The molecular weight excluding hydrogens is 589 g/mol. The Bertz CT molecular complexity index is 896. The van der Waals surface area contributed by atoms with Crippen molar-refractivity contribution in [2.24, 2.45) is 0 Å². The van der Waals surface area contributed by atoms with E-state index in [1.54, 1.807) is 6.92 Å². The molecule has 0 aromatic carbocycles. The van der Waals surface area contributed by atoms with Gasteiger partial charge in [-0.3, -0.25) is 0 Å². The molecule has 0 fully saturated rings.